The predicted molar refractivity (Wildman–Crippen MR) is 93.7 cm³/mol. The van der Waals surface area contributed by atoms with Crippen LogP contribution in [0.3, 0.4) is 0 Å². The predicted octanol–water partition coefficient (Wildman–Crippen LogP) is 4.36. The molecule has 2 fully saturated rings. The average Bonchev–Trinajstić information content (AvgIpc) is 3.05. The molecule has 0 saturated carbocycles. The lowest BCUT2D eigenvalue weighted by Crippen LogP contribution is -2.35. The van der Waals surface area contributed by atoms with Gasteiger partial charge in [-0.3, -0.25) is 0 Å². The van der Waals surface area contributed by atoms with Gasteiger partial charge >= 0.3 is 0 Å². The van der Waals surface area contributed by atoms with Crippen molar-refractivity contribution in [1.82, 2.24) is 0 Å². The molecular weight excluding hydrogens is 308 g/mol. The standard InChI is InChI=1S/C19H28O3S/c1-5-16-15(12-23-14-9-7-6-8-10-14)13(2)18(21-16)17-11-20-19(3,4)22-17/h6-10,13,15-18H,5,11-12H2,1-4H3. The van der Waals surface area contributed by atoms with Gasteiger partial charge in [-0.15, -0.1) is 11.8 Å². The highest BCUT2D eigenvalue weighted by Gasteiger charge is 2.48. The van der Waals surface area contributed by atoms with E-state index in [9.17, 15) is 0 Å². The van der Waals surface area contributed by atoms with Crippen LogP contribution in [0.5, 0.6) is 0 Å². The lowest BCUT2D eigenvalue weighted by atomic mass is 9.87. The average molecular weight is 336 g/mol. The molecule has 0 radical (unpaired) electrons. The minimum absolute atomic E-state index is 0.0563. The Bertz CT molecular complexity index is 505. The minimum Gasteiger partial charge on any atom is -0.372 e. The van der Waals surface area contributed by atoms with Crippen molar-refractivity contribution in [3.05, 3.63) is 30.3 Å². The topological polar surface area (TPSA) is 27.7 Å². The quantitative estimate of drug-likeness (QED) is 0.747. The lowest BCUT2D eigenvalue weighted by Gasteiger charge is -2.24. The third kappa shape index (κ3) is 3.93. The fourth-order valence-corrected chi connectivity index (χ4v) is 4.93. The molecule has 0 amide bonds. The van der Waals surface area contributed by atoms with Crippen molar-refractivity contribution in [2.75, 3.05) is 12.4 Å². The molecule has 2 heterocycles. The van der Waals surface area contributed by atoms with Crippen LogP contribution in [0.15, 0.2) is 35.2 Å². The summed E-state index contributed by atoms with van der Waals surface area (Å²) >= 11 is 1.93. The Labute approximate surface area is 144 Å². The Hall–Kier alpha value is -0.550. The van der Waals surface area contributed by atoms with Crippen molar-refractivity contribution in [1.29, 1.82) is 0 Å². The molecule has 0 aromatic heterocycles. The van der Waals surface area contributed by atoms with E-state index in [1.807, 2.05) is 25.6 Å². The van der Waals surface area contributed by atoms with Crippen molar-refractivity contribution >= 4 is 11.8 Å². The van der Waals surface area contributed by atoms with E-state index in [4.69, 9.17) is 14.2 Å². The van der Waals surface area contributed by atoms with Gasteiger partial charge < -0.3 is 14.2 Å². The van der Waals surface area contributed by atoms with Crippen LogP contribution in [0, 0.1) is 11.8 Å². The molecule has 5 unspecified atom stereocenters. The normalized spacial score (nSPS) is 36.4. The summed E-state index contributed by atoms with van der Waals surface area (Å²) in [6, 6.07) is 10.6. The van der Waals surface area contributed by atoms with Gasteiger partial charge in [-0.25, -0.2) is 0 Å². The summed E-state index contributed by atoms with van der Waals surface area (Å²) in [4.78, 5) is 1.33. The minimum atomic E-state index is -0.480. The van der Waals surface area contributed by atoms with Crippen molar-refractivity contribution in [2.24, 2.45) is 11.8 Å². The van der Waals surface area contributed by atoms with Gasteiger partial charge in [0.2, 0.25) is 0 Å². The van der Waals surface area contributed by atoms with Gasteiger partial charge in [-0.05, 0) is 44.2 Å². The van der Waals surface area contributed by atoms with E-state index in [2.05, 4.69) is 44.2 Å². The molecule has 4 heteroatoms. The van der Waals surface area contributed by atoms with Gasteiger partial charge in [0.1, 0.15) is 6.10 Å². The first kappa shape index (κ1) is 17.3. The summed E-state index contributed by atoms with van der Waals surface area (Å²) in [5, 5.41) is 0. The molecule has 3 rings (SSSR count). The molecule has 1 aromatic rings. The maximum absolute atomic E-state index is 6.38. The molecule has 128 valence electrons. The second-order valence-corrected chi connectivity index (χ2v) is 8.15. The second kappa shape index (κ2) is 7.14. The third-order valence-corrected chi connectivity index (χ3v) is 6.14. The van der Waals surface area contributed by atoms with Crippen LogP contribution in [0.25, 0.3) is 0 Å². The fourth-order valence-electron chi connectivity index (χ4n) is 3.68. The Morgan fingerprint density at radius 2 is 1.96 bits per heavy atom. The Kier molecular flexibility index (Phi) is 5.36. The molecule has 0 N–H and O–H groups in total. The molecule has 1 aromatic carbocycles. The summed E-state index contributed by atoms with van der Waals surface area (Å²) < 4.78 is 18.2. The third-order valence-electron chi connectivity index (χ3n) is 4.99. The molecule has 2 aliphatic heterocycles. The van der Waals surface area contributed by atoms with Crippen LogP contribution in [0.2, 0.25) is 0 Å². The highest BCUT2D eigenvalue weighted by Crippen LogP contribution is 2.41. The van der Waals surface area contributed by atoms with E-state index in [0.29, 0.717) is 24.5 Å². The molecule has 2 aliphatic rings. The highest BCUT2D eigenvalue weighted by molar-refractivity contribution is 7.99. The van der Waals surface area contributed by atoms with E-state index in [1.165, 1.54) is 4.90 Å². The molecule has 0 spiro atoms. The van der Waals surface area contributed by atoms with Crippen LogP contribution >= 0.6 is 11.8 Å². The molecule has 3 nitrogen and oxygen atoms in total. The molecule has 23 heavy (non-hydrogen) atoms. The number of ether oxygens (including phenoxy) is 3. The first-order chi connectivity index (χ1) is 11.0. The number of benzene rings is 1. The summed E-state index contributed by atoms with van der Waals surface area (Å²) in [7, 11) is 0. The van der Waals surface area contributed by atoms with Gasteiger partial charge in [-0.1, -0.05) is 32.0 Å². The highest BCUT2D eigenvalue weighted by atomic mass is 32.2. The Balaban J connectivity index is 1.63. The van der Waals surface area contributed by atoms with Crippen molar-refractivity contribution in [3.8, 4) is 0 Å². The first-order valence-corrected chi connectivity index (χ1v) is 9.64. The Morgan fingerprint density at radius 1 is 1.22 bits per heavy atom. The molecule has 5 atom stereocenters. The van der Waals surface area contributed by atoms with E-state index in [1.54, 1.807) is 0 Å². The maximum Gasteiger partial charge on any atom is 0.163 e. The van der Waals surface area contributed by atoms with E-state index in [0.717, 1.165) is 12.2 Å². The number of thioether (sulfide) groups is 1. The number of hydrogen-bond acceptors (Lipinski definition) is 4. The summed E-state index contributed by atoms with van der Waals surface area (Å²) in [5.74, 6) is 1.66. The van der Waals surface area contributed by atoms with Gasteiger partial charge in [0, 0.05) is 10.6 Å². The van der Waals surface area contributed by atoms with Crippen molar-refractivity contribution < 1.29 is 14.2 Å². The van der Waals surface area contributed by atoms with Crippen molar-refractivity contribution in [2.45, 2.75) is 63.1 Å². The van der Waals surface area contributed by atoms with Gasteiger partial charge in [0.05, 0.1) is 18.8 Å². The number of hydrogen-bond donors (Lipinski definition) is 0. The van der Waals surface area contributed by atoms with Crippen LogP contribution in [-0.4, -0.2) is 36.5 Å². The maximum atomic E-state index is 6.38. The van der Waals surface area contributed by atoms with Crippen LogP contribution in [0.4, 0.5) is 0 Å². The molecule has 2 saturated heterocycles. The van der Waals surface area contributed by atoms with Gasteiger partial charge in [0.15, 0.2) is 5.79 Å². The lowest BCUT2D eigenvalue weighted by molar-refractivity contribution is -0.157. The first-order valence-electron chi connectivity index (χ1n) is 8.65. The van der Waals surface area contributed by atoms with Crippen LogP contribution < -0.4 is 0 Å². The summed E-state index contributed by atoms with van der Waals surface area (Å²) in [6.45, 7) is 9.12. The zero-order chi connectivity index (χ0) is 16.4. The smallest absolute Gasteiger partial charge is 0.163 e. The van der Waals surface area contributed by atoms with Crippen molar-refractivity contribution in [3.63, 3.8) is 0 Å². The van der Waals surface area contributed by atoms with Gasteiger partial charge in [-0.2, -0.15) is 0 Å². The van der Waals surface area contributed by atoms with E-state index in [-0.39, 0.29) is 12.2 Å². The SMILES string of the molecule is CCC1OC(C2COC(C)(C)O2)C(C)C1CSc1ccccc1. The van der Waals surface area contributed by atoms with Crippen LogP contribution in [0.1, 0.15) is 34.1 Å². The second-order valence-electron chi connectivity index (χ2n) is 7.06. The summed E-state index contributed by atoms with van der Waals surface area (Å²) in [6.07, 6.45) is 1.57. The molecule has 0 bridgehead atoms. The Morgan fingerprint density at radius 3 is 2.57 bits per heavy atom. The van der Waals surface area contributed by atoms with Gasteiger partial charge in [0.25, 0.3) is 0 Å². The largest absolute Gasteiger partial charge is 0.372 e. The van der Waals surface area contributed by atoms with Crippen LogP contribution in [-0.2, 0) is 14.2 Å². The fraction of sp³-hybridized carbons (Fsp3) is 0.684. The van der Waals surface area contributed by atoms with E-state index < -0.39 is 5.79 Å². The molecular formula is C19H28O3S. The zero-order valence-corrected chi connectivity index (χ0v) is 15.3. The monoisotopic (exact) mass is 336 g/mol. The number of rotatable bonds is 5. The molecule has 0 aliphatic carbocycles. The van der Waals surface area contributed by atoms with E-state index >= 15 is 0 Å². The summed E-state index contributed by atoms with van der Waals surface area (Å²) in [5.41, 5.74) is 0. The zero-order valence-electron chi connectivity index (χ0n) is 14.5.